The van der Waals surface area contributed by atoms with E-state index in [0.717, 1.165) is 18.9 Å². The topological polar surface area (TPSA) is 28.2 Å². The second-order valence-corrected chi connectivity index (χ2v) is 5.03. The lowest BCUT2D eigenvalue weighted by molar-refractivity contribution is 0.242. The van der Waals surface area contributed by atoms with Crippen molar-refractivity contribution in [1.29, 1.82) is 0 Å². The Kier molecular flexibility index (Phi) is 4.95. The van der Waals surface area contributed by atoms with Crippen LogP contribution in [0.5, 0.6) is 0 Å². The quantitative estimate of drug-likeness (QED) is 0.836. The summed E-state index contributed by atoms with van der Waals surface area (Å²) < 4.78 is 0. The summed E-state index contributed by atoms with van der Waals surface area (Å²) in [7, 11) is 2.23. The summed E-state index contributed by atoms with van der Waals surface area (Å²) in [6.07, 6.45) is 5.59. The van der Waals surface area contributed by atoms with E-state index >= 15 is 0 Å². The fourth-order valence-electron chi connectivity index (χ4n) is 2.45. The Bertz CT molecular complexity index is 307. The molecule has 1 N–H and O–H groups in total. The molecule has 2 rings (SSSR count). The first-order valence-electron chi connectivity index (χ1n) is 6.64. The van der Waals surface area contributed by atoms with Gasteiger partial charge >= 0.3 is 0 Å². The molecule has 3 nitrogen and oxygen atoms in total. The van der Waals surface area contributed by atoms with Gasteiger partial charge in [-0.3, -0.25) is 4.98 Å². The minimum Gasteiger partial charge on any atom is -0.317 e. The Hall–Kier alpha value is -0.930. The van der Waals surface area contributed by atoms with Crippen LogP contribution in [0.1, 0.15) is 18.5 Å². The van der Waals surface area contributed by atoms with Crippen molar-refractivity contribution in [3.63, 3.8) is 0 Å². The van der Waals surface area contributed by atoms with Crippen LogP contribution in [0, 0.1) is 5.92 Å². The molecule has 0 aromatic carbocycles. The number of piperidine rings is 1. The first-order chi connectivity index (χ1) is 8.34. The molecule has 0 spiro atoms. The highest BCUT2D eigenvalue weighted by atomic mass is 15.1. The molecule has 0 bridgehead atoms. The Morgan fingerprint density at radius 2 is 2.18 bits per heavy atom. The summed E-state index contributed by atoms with van der Waals surface area (Å²) in [4.78, 5) is 6.81. The molecule has 3 heteroatoms. The maximum absolute atomic E-state index is 4.36. The molecule has 2 heterocycles. The number of hydrogen-bond donors (Lipinski definition) is 1. The van der Waals surface area contributed by atoms with Gasteiger partial charge in [0.05, 0.1) is 0 Å². The third-order valence-corrected chi connectivity index (χ3v) is 3.50. The summed E-state index contributed by atoms with van der Waals surface area (Å²) >= 11 is 0. The predicted octanol–water partition coefficient (Wildman–Crippen LogP) is 1.56. The van der Waals surface area contributed by atoms with Gasteiger partial charge in [-0.1, -0.05) is 6.07 Å². The lowest BCUT2D eigenvalue weighted by Gasteiger charge is -2.27. The SMILES string of the molecule is CN(CCc1ccccn1)CC1CCNCC1. The first kappa shape index (κ1) is 12.5. The van der Waals surface area contributed by atoms with Crippen molar-refractivity contribution in [3.05, 3.63) is 30.1 Å². The number of aromatic nitrogens is 1. The third-order valence-electron chi connectivity index (χ3n) is 3.50. The highest BCUT2D eigenvalue weighted by Crippen LogP contribution is 2.12. The number of pyridine rings is 1. The molecule has 1 aromatic heterocycles. The predicted molar refractivity (Wildman–Crippen MR) is 71.0 cm³/mol. The fourth-order valence-corrected chi connectivity index (χ4v) is 2.45. The van der Waals surface area contributed by atoms with Crippen LogP contribution in [0.2, 0.25) is 0 Å². The van der Waals surface area contributed by atoms with Gasteiger partial charge in [-0.2, -0.15) is 0 Å². The number of hydrogen-bond acceptors (Lipinski definition) is 3. The Morgan fingerprint density at radius 1 is 1.35 bits per heavy atom. The molecule has 0 aliphatic carbocycles. The molecule has 0 unspecified atom stereocenters. The van der Waals surface area contributed by atoms with Crippen molar-refractivity contribution in [1.82, 2.24) is 15.2 Å². The lowest BCUT2D eigenvalue weighted by atomic mass is 9.97. The summed E-state index contributed by atoms with van der Waals surface area (Å²) in [5.74, 6) is 0.880. The van der Waals surface area contributed by atoms with Gasteiger partial charge in [-0.05, 0) is 51.0 Å². The van der Waals surface area contributed by atoms with E-state index in [1.54, 1.807) is 0 Å². The molecule has 17 heavy (non-hydrogen) atoms. The van der Waals surface area contributed by atoms with Crippen molar-refractivity contribution in [2.24, 2.45) is 5.92 Å². The molecule has 0 saturated carbocycles. The van der Waals surface area contributed by atoms with Gasteiger partial charge in [-0.15, -0.1) is 0 Å². The standard InChI is InChI=1S/C14H23N3/c1-17(12-13-5-9-15-10-6-13)11-7-14-4-2-3-8-16-14/h2-4,8,13,15H,5-7,9-12H2,1H3. The summed E-state index contributed by atoms with van der Waals surface area (Å²) in [6.45, 7) is 4.73. The second kappa shape index (κ2) is 6.72. The molecule has 1 fully saturated rings. The van der Waals surface area contributed by atoms with Gasteiger partial charge < -0.3 is 10.2 Å². The average molecular weight is 233 g/mol. The molecule has 1 saturated heterocycles. The van der Waals surface area contributed by atoms with Crippen molar-refractivity contribution >= 4 is 0 Å². The van der Waals surface area contributed by atoms with Gasteiger partial charge in [0.25, 0.3) is 0 Å². The highest BCUT2D eigenvalue weighted by Gasteiger charge is 2.14. The van der Waals surface area contributed by atoms with Crippen molar-refractivity contribution in [2.45, 2.75) is 19.3 Å². The summed E-state index contributed by atoms with van der Waals surface area (Å²) in [6, 6.07) is 6.15. The molecular formula is C14H23N3. The molecule has 1 aliphatic heterocycles. The highest BCUT2D eigenvalue weighted by molar-refractivity contribution is 5.03. The van der Waals surface area contributed by atoms with Gasteiger partial charge in [0.2, 0.25) is 0 Å². The first-order valence-corrected chi connectivity index (χ1v) is 6.64. The molecular weight excluding hydrogens is 210 g/mol. The van der Waals surface area contributed by atoms with Crippen LogP contribution in [0.15, 0.2) is 24.4 Å². The van der Waals surface area contributed by atoms with E-state index in [1.165, 1.54) is 38.2 Å². The van der Waals surface area contributed by atoms with E-state index in [-0.39, 0.29) is 0 Å². The van der Waals surface area contributed by atoms with Crippen LogP contribution in [0.4, 0.5) is 0 Å². The van der Waals surface area contributed by atoms with Crippen molar-refractivity contribution in [2.75, 3.05) is 33.2 Å². The normalized spacial score (nSPS) is 17.5. The Morgan fingerprint density at radius 3 is 2.88 bits per heavy atom. The minimum atomic E-state index is 0.880. The van der Waals surface area contributed by atoms with E-state index in [1.807, 2.05) is 12.3 Å². The van der Waals surface area contributed by atoms with Crippen LogP contribution >= 0.6 is 0 Å². The molecule has 0 amide bonds. The van der Waals surface area contributed by atoms with E-state index in [4.69, 9.17) is 0 Å². The van der Waals surface area contributed by atoms with E-state index < -0.39 is 0 Å². The number of nitrogens with zero attached hydrogens (tertiary/aromatic N) is 2. The molecule has 1 aliphatic rings. The molecule has 1 aromatic rings. The fraction of sp³-hybridized carbons (Fsp3) is 0.643. The zero-order valence-corrected chi connectivity index (χ0v) is 10.7. The molecule has 0 radical (unpaired) electrons. The lowest BCUT2D eigenvalue weighted by Crippen LogP contribution is -2.35. The van der Waals surface area contributed by atoms with E-state index in [9.17, 15) is 0 Å². The van der Waals surface area contributed by atoms with Crippen LogP contribution < -0.4 is 5.32 Å². The van der Waals surface area contributed by atoms with E-state index in [2.05, 4.69) is 34.4 Å². The zero-order valence-electron chi connectivity index (χ0n) is 10.7. The second-order valence-electron chi connectivity index (χ2n) is 5.03. The number of likely N-dealkylation sites (N-methyl/N-ethyl adjacent to an activating group) is 1. The smallest absolute Gasteiger partial charge is 0.0416 e. The van der Waals surface area contributed by atoms with Gasteiger partial charge in [0.15, 0.2) is 0 Å². The largest absolute Gasteiger partial charge is 0.317 e. The van der Waals surface area contributed by atoms with Crippen LogP contribution in [0.25, 0.3) is 0 Å². The van der Waals surface area contributed by atoms with E-state index in [0.29, 0.717) is 0 Å². The van der Waals surface area contributed by atoms with Crippen LogP contribution in [0.3, 0.4) is 0 Å². The van der Waals surface area contributed by atoms with Gasteiger partial charge in [0.1, 0.15) is 0 Å². The van der Waals surface area contributed by atoms with Crippen LogP contribution in [-0.4, -0.2) is 43.1 Å². The Labute approximate surface area is 104 Å². The minimum absolute atomic E-state index is 0.880. The molecule has 94 valence electrons. The summed E-state index contributed by atoms with van der Waals surface area (Å²) in [5.41, 5.74) is 1.20. The van der Waals surface area contributed by atoms with Gasteiger partial charge in [-0.25, -0.2) is 0 Å². The molecule has 0 atom stereocenters. The maximum atomic E-state index is 4.36. The van der Waals surface area contributed by atoms with Crippen molar-refractivity contribution in [3.8, 4) is 0 Å². The third kappa shape index (κ3) is 4.44. The Balaban J connectivity index is 1.68. The monoisotopic (exact) mass is 233 g/mol. The van der Waals surface area contributed by atoms with Crippen LogP contribution in [-0.2, 0) is 6.42 Å². The maximum Gasteiger partial charge on any atom is 0.0416 e. The van der Waals surface area contributed by atoms with Crippen molar-refractivity contribution < 1.29 is 0 Å². The van der Waals surface area contributed by atoms with Gasteiger partial charge in [0, 0.05) is 31.4 Å². The zero-order chi connectivity index (χ0) is 11.9. The number of nitrogens with one attached hydrogen (secondary N) is 1. The summed E-state index contributed by atoms with van der Waals surface area (Å²) in [5, 5.41) is 3.42. The number of rotatable bonds is 5. The average Bonchev–Trinajstić information content (AvgIpc) is 2.39.